The molecule has 0 bridgehead atoms. The van der Waals surface area contributed by atoms with Gasteiger partial charge < -0.3 is 15.4 Å². The Kier molecular flexibility index (Phi) is 5.08. The van der Waals surface area contributed by atoms with Gasteiger partial charge >= 0.3 is 0 Å². The Bertz CT molecular complexity index is 992. The molecule has 0 amide bonds. The number of hydrogen-bond acceptors (Lipinski definition) is 6. The molecular formula is C19H22F2N6O. The third-order valence-electron chi connectivity index (χ3n) is 5.10. The average Bonchev–Trinajstić information content (AvgIpc) is 3.06. The zero-order chi connectivity index (χ0) is 19.7. The molecule has 1 aliphatic rings. The van der Waals surface area contributed by atoms with Gasteiger partial charge in [0.2, 0.25) is 5.95 Å². The number of ether oxygens (including phenoxy) is 1. The number of methoxy groups -OCH3 is 1. The first kappa shape index (κ1) is 18.5. The molecule has 4 rings (SSSR count). The summed E-state index contributed by atoms with van der Waals surface area (Å²) in [5.41, 5.74) is 0.992. The van der Waals surface area contributed by atoms with Crippen LogP contribution in [0, 0.1) is 11.6 Å². The number of aryl methyl sites for hydroxylation is 1. The van der Waals surface area contributed by atoms with Gasteiger partial charge in [-0.1, -0.05) is 12.8 Å². The Morgan fingerprint density at radius 3 is 2.75 bits per heavy atom. The molecule has 28 heavy (non-hydrogen) atoms. The van der Waals surface area contributed by atoms with E-state index in [9.17, 15) is 8.78 Å². The van der Waals surface area contributed by atoms with Gasteiger partial charge in [-0.05, 0) is 25.0 Å². The quantitative estimate of drug-likeness (QED) is 0.693. The maximum absolute atomic E-state index is 13.5. The van der Waals surface area contributed by atoms with Gasteiger partial charge in [-0.3, -0.25) is 4.68 Å². The van der Waals surface area contributed by atoms with Crippen LogP contribution in [0.25, 0.3) is 11.0 Å². The summed E-state index contributed by atoms with van der Waals surface area (Å²) in [6, 6.07) is 3.70. The standard InChI is InChI=1S/C19H22F2N6O/c1-27-18-12(10-22-27)17(24-15-5-3-4-6-16(15)28-2)25-19(26-18)23-11-7-8-13(20)14(21)9-11/h7-10,15-16H,3-6H2,1-2H3,(H2,23,24,25,26). The number of benzene rings is 1. The van der Waals surface area contributed by atoms with Gasteiger partial charge in [-0.2, -0.15) is 15.1 Å². The van der Waals surface area contributed by atoms with Crippen LogP contribution in [0.2, 0.25) is 0 Å². The second kappa shape index (κ2) is 7.67. The molecule has 2 unspecified atom stereocenters. The lowest BCUT2D eigenvalue weighted by Gasteiger charge is -2.31. The molecule has 1 aliphatic carbocycles. The minimum Gasteiger partial charge on any atom is -0.379 e. The van der Waals surface area contributed by atoms with E-state index in [2.05, 4.69) is 25.7 Å². The Morgan fingerprint density at radius 2 is 1.96 bits per heavy atom. The maximum atomic E-state index is 13.5. The summed E-state index contributed by atoms with van der Waals surface area (Å²) in [6.07, 6.45) is 6.07. The lowest BCUT2D eigenvalue weighted by atomic mass is 9.92. The summed E-state index contributed by atoms with van der Waals surface area (Å²) in [4.78, 5) is 9.03. The molecule has 7 nitrogen and oxygen atoms in total. The highest BCUT2D eigenvalue weighted by molar-refractivity contribution is 5.88. The van der Waals surface area contributed by atoms with Gasteiger partial charge in [0.1, 0.15) is 5.82 Å². The van der Waals surface area contributed by atoms with Gasteiger partial charge in [-0.25, -0.2) is 8.78 Å². The molecule has 2 atom stereocenters. The predicted molar refractivity (Wildman–Crippen MR) is 103 cm³/mol. The van der Waals surface area contributed by atoms with E-state index in [1.165, 1.54) is 6.07 Å². The maximum Gasteiger partial charge on any atom is 0.231 e. The number of aromatic nitrogens is 4. The highest BCUT2D eigenvalue weighted by Gasteiger charge is 2.26. The van der Waals surface area contributed by atoms with Crippen LogP contribution in [0.1, 0.15) is 25.7 Å². The number of anilines is 3. The largest absolute Gasteiger partial charge is 0.379 e. The van der Waals surface area contributed by atoms with Crippen molar-refractivity contribution in [3.05, 3.63) is 36.0 Å². The molecule has 9 heteroatoms. The number of nitrogens with one attached hydrogen (secondary N) is 2. The summed E-state index contributed by atoms with van der Waals surface area (Å²) in [5.74, 6) is -0.930. The molecule has 0 aliphatic heterocycles. The van der Waals surface area contributed by atoms with Crippen LogP contribution >= 0.6 is 0 Å². The monoisotopic (exact) mass is 388 g/mol. The molecule has 2 aromatic heterocycles. The third kappa shape index (κ3) is 3.62. The SMILES string of the molecule is COC1CCCCC1Nc1nc(Nc2ccc(F)c(F)c2)nc2c1cnn2C. The molecule has 0 spiro atoms. The van der Waals surface area contributed by atoms with Crippen LogP contribution in [-0.2, 0) is 11.8 Å². The zero-order valence-electron chi connectivity index (χ0n) is 15.7. The van der Waals surface area contributed by atoms with Crippen molar-refractivity contribution in [1.82, 2.24) is 19.7 Å². The van der Waals surface area contributed by atoms with E-state index in [0.29, 0.717) is 17.2 Å². The molecule has 1 aromatic carbocycles. The fraction of sp³-hybridized carbons (Fsp3) is 0.421. The highest BCUT2D eigenvalue weighted by atomic mass is 19.2. The van der Waals surface area contributed by atoms with Crippen LogP contribution in [0.4, 0.5) is 26.2 Å². The second-order valence-electron chi connectivity index (χ2n) is 6.96. The van der Waals surface area contributed by atoms with Crippen molar-refractivity contribution in [2.24, 2.45) is 7.05 Å². The van der Waals surface area contributed by atoms with Crippen LogP contribution < -0.4 is 10.6 Å². The molecule has 0 radical (unpaired) electrons. The smallest absolute Gasteiger partial charge is 0.231 e. The summed E-state index contributed by atoms with van der Waals surface area (Å²) >= 11 is 0. The van der Waals surface area contributed by atoms with E-state index >= 15 is 0 Å². The van der Waals surface area contributed by atoms with Crippen LogP contribution in [0.15, 0.2) is 24.4 Å². The van der Waals surface area contributed by atoms with E-state index in [1.807, 2.05) is 0 Å². The van der Waals surface area contributed by atoms with E-state index in [4.69, 9.17) is 4.74 Å². The summed E-state index contributed by atoms with van der Waals surface area (Å²) in [6.45, 7) is 0. The van der Waals surface area contributed by atoms with Gasteiger partial charge in [0, 0.05) is 25.9 Å². The molecule has 0 saturated heterocycles. The van der Waals surface area contributed by atoms with Crippen LogP contribution in [-0.4, -0.2) is 39.0 Å². The minimum absolute atomic E-state index is 0.109. The van der Waals surface area contributed by atoms with Crippen molar-refractivity contribution in [3.63, 3.8) is 0 Å². The topological polar surface area (TPSA) is 76.9 Å². The van der Waals surface area contributed by atoms with E-state index in [-0.39, 0.29) is 18.1 Å². The lowest BCUT2D eigenvalue weighted by Crippen LogP contribution is -2.38. The van der Waals surface area contributed by atoms with Crippen molar-refractivity contribution in [3.8, 4) is 0 Å². The van der Waals surface area contributed by atoms with Crippen molar-refractivity contribution >= 4 is 28.5 Å². The van der Waals surface area contributed by atoms with Gasteiger partial charge in [0.25, 0.3) is 0 Å². The van der Waals surface area contributed by atoms with Gasteiger partial charge in [0.05, 0.1) is 23.7 Å². The molecule has 1 saturated carbocycles. The summed E-state index contributed by atoms with van der Waals surface area (Å²) in [7, 11) is 3.51. The number of rotatable bonds is 5. The Balaban J connectivity index is 1.68. The Labute approximate surface area is 161 Å². The number of nitrogens with zero attached hydrogens (tertiary/aromatic N) is 4. The molecule has 2 N–H and O–H groups in total. The highest BCUT2D eigenvalue weighted by Crippen LogP contribution is 2.28. The van der Waals surface area contributed by atoms with Gasteiger partial charge in [-0.15, -0.1) is 0 Å². The second-order valence-corrected chi connectivity index (χ2v) is 6.96. The first-order valence-electron chi connectivity index (χ1n) is 9.26. The first-order chi connectivity index (χ1) is 13.5. The molecule has 2 heterocycles. The minimum atomic E-state index is -0.935. The third-order valence-corrected chi connectivity index (χ3v) is 5.10. The van der Waals surface area contributed by atoms with Gasteiger partial charge in [0.15, 0.2) is 17.3 Å². The molecule has 1 fully saturated rings. The van der Waals surface area contributed by atoms with Crippen molar-refractivity contribution in [1.29, 1.82) is 0 Å². The number of fused-ring (bicyclic) bond motifs is 1. The molecule has 3 aromatic rings. The van der Waals surface area contributed by atoms with Crippen LogP contribution in [0.5, 0.6) is 0 Å². The Morgan fingerprint density at radius 1 is 1.14 bits per heavy atom. The van der Waals surface area contributed by atoms with E-state index in [0.717, 1.165) is 43.2 Å². The zero-order valence-corrected chi connectivity index (χ0v) is 15.7. The fourth-order valence-corrected chi connectivity index (χ4v) is 3.61. The average molecular weight is 388 g/mol. The first-order valence-corrected chi connectivity index (χ1v) is 9.26. The van der Waals surface area contributed by atoms with Crippen molar-refractivity contribution in [2.45, 2.75) is 37.8 Å². The number of hydrogen-bond donors (Lipinski definition) is 2. The summed E-state index contributed by atoms with van der Waals surface area (Å²) < 4.78 is 34.0. The van der Waals surface area contributed by atoms with E-state index < -0.39 is 11.6 Å². The number of halogens is 2. The van der Waals surface area contributed by atoms with Crippen LogP contribution in [0.3, 0.4) is 0 Å². The van der Waals surface area contributed by atoms with Crippen molar-refractivity contribution < 1.29 is 13.5 Å². The molecular weight excluding hydrogens is 366 g/mol. The van der Waals surface area contributed by atoms with E-state index in [1.54, 1.807) is 25.0 Å². The lowest BCUT2D eigenvalue weighted by molar-refractivity contribution is 0.0605. The van der Waals surface area contributed by atoms with Crippen molar-refractivity contribution in [2.75, 3.05) is 17.7 Å². The fourth-order valence-electron chi connectivity index (χ4n) is 3.61. The Hall–Kier alpha value is -2.81. The normalized spacial score (nSPS) is 19.7. The summed E-state index contributed by atoms with van der Waals surface area (Å²) in [5, 5.41) is 11.5. The molecule has 148 valence electrons. The predicted octanol–water partition coefficient (Wildman–Crippen LogP) is 3.75.